The van der Waals surface area contributed by atoms with Gasteiger partial charge in [0.15, 0.2) is 0 Å². The summed E-state index contributed by atoms with van der Waals surface area (Å²) >= 11 is 0. The van der Waals surface area contributed by atoms with Crippen molar-refractivity contribution in [1.29, 1.82) is 0 Å². The summed E-state index contributed by atoms with van der Waals surface area (Å²) < 4.78 is 18.8. The Hall–Kier alpha value is -0.970. The maximum absolute atomic E-state index is 13.2. The predicted octanol–water partition coefficient (Wildman–Crippen LogP) is 1.59. The molecule has 2 atom stereocenters. The smallest absolute Gasteiger partial charge is 0.123 e. The third kappa shape index (κ3) is 2.66. The van der Waals surface area contributed by atoms with E-state index < -0.39 is 5.60 Å². The molecule has 3 nitrogen and oxygen atoms in total. The first-order valence-electron chi connectivity index (χ1n) is 6.82. The first-order valence-corrected chi connectivity index (χ1v) is 6.82. The van der Waals surface area contributed by atoms with Crippen molar-refractivity contribution < 1.29 is 14.2 Å². The van der Waals surface area contributed by atoms with E-state index in [4.69, 9.17) is 4.74 Å². The van der Waals surface area contributed by atoms with Crippen LogP contribution in [0.4, 0.5) is 4.39 Å². The van der Waals surface area contributed by atoms with Crippen LogP contribution in [0.3, 0.4) is 0 Å². The second-order valence-electron chi connectivity index (χ2n) is 5.95. The number of rotatable bonds is 2. The number of hydrogen-bond acceptors (Lipinski definition) is 3. The monoisotopic (exact) mass is 265 g/mol. The first-order chi connectivity index (χ1) is 9.06. The molecule has 104 valence electrons. The summed E-state index contributed by atoms with van der Waals surface area (Å²) in [5, 5.41) is 10.8. The van der Waals surface area contributed by atoms with Gasteiger partial charge >= 0.3 is 0 Å². The number of morpholine rings is 1. The zero-order valence-electron chi connectivity index (χ0n) is 11.2. The molecule has 0 radical (unpaired) electrons. The molecule has 0 spiro atoms. The summed E-state index contributed by atoms with van der Waals surface area (Å²) in [6.45, 7) is 1.36. The fraction of sp³-hybridized carbons (Fsp3) is 0.600. The van der Waals surface area contributed by atoms with Gasteiger partial charge in [0.25, 0.3) is 0 Å². The zero-order valence-corrected chi connectivity index (χ0v) is 11.2. The number of aliphatic hydroxyl groups is 1. The van der Waals surface area contributed by atoms with E-state index in [0.29, 0.717) is 32.5 Å². The van der Waals surface area contributed by atoms with E-state index in [2.05, 4.69) is 11.9 Å². The molecule has 2 bridgehead atoms. The van der Waals surface area contributed by atoms with Gasteiger partial charge in [0.1, 0.15) is 5.82 Å². The minimum atomic E-state index is -0.737. The van der Waals surface area contributed by atoms with Crippen LogP contribution in [0.25, 0.3) is 0 Å². The van der Waals surface area contributed by atoms with Crippen LogP contribution in [0, 0.1) is 5.82 Å². The molecule has 2 heterocycles. The molecule has 2 aliphatic heterocycles. The molecule has 3 rings (SSSR count). The number of hydrogen-bond donors (Lipinski definition) is 1. The summed E-state index contributed by atoms with van der Waals surface area (Å²) in [6.07, 6.45) is 1.90. The van der Waals surface area contributed by atoms with Crippen molar-refractivity contribution in [2.45, 2.75) is 36.9 Å². The van der Waals surface area contributed by atoms with Gasteiger partial charge in [0, 0.05) is 18.5 Å². The fourth-order valence-corrected chi connectivity index (χ4v) is 3.41. The van der Waals surface area contributed by atoms with E-state index in [-0.39, 0.29) is 17.9 Å². The number of likely N-dealkylation sites (N-methyl/N-ethyl adjacent to an activating group) is 1. The molecule has 2 saturated heterocycles. The van der Waals surface area contributed by atoms with Crippen molar-refractivity contribution in [2.24, 2.45) is 0 Å². The number of fused-ring (bicyclic) bond motifs is 2. The van der Waals surface area contributed by atoms with Gasteiger partial charge in [-0.2, -0.15) is 0 Å². The Morgan fingerprint density at radius 1 is 1.37 bits per heavy atom. The first kappa shape index (κ1) is 13.0. The highest BCUT2D eigenvalue weighted by atomic mass is 19.1. The minimum Gasteiger partial charge on any atom is -0.389 e. The molecule has 0 aromatic heterocycles. The number of ether oxygens (including phenoxy) is 1. The standard InChI is InChI=1S/C15H20FNO2/c1-17-13-7-15(18,8-14(17)10-19-9-13)6-11-3-2-4-12(16)5-11/h2-5,13-14,18H,6-10H2,1H3. The molecular formula is C15H20FNO2. The molecular weight excluding hydrogens is 245 g/mol. The van der Waals surface area contributed by atoms with E-state index >= 15 is 0 Å². The van der Waals surface area contributed by atoms with Crippen molar-refractivity contribution in [2.75, 3.05) is 20.3 Å². The van der Waals surface area contributed by atoms with Crippen LogP contribution in [0.5, 0.6) is 0 Å². The molecule has 1 aromatic rings. The van der Waals surface area contributed by atoms with E-state index in [1.165, 1.54) is 12.1 Å². The van der Waals surface area contributed by atoms with Crippen LogP contribution in [-0.4, -0.2) is 48.0 Å². The van der Waals surface area contributed by atoms with Crippen molar-refractivity contribution >= 4 is 0 Å². The SMILES string of the molecule is CN1C2COCC1CC(O)(Cc1cccc(F)c1)C2. The highest BCUT2D eigenvalue weighted by molar-refractivity contribution is 5.19. The fourth-order valence-electron chi connectivity index (χ4n) is 3.41. The maximum Gasteiger partial charge on any atom is 0.123 e. The van der Waals surface area contributed by atoms with Crippen molar-refractivity contribution in [3.63, 3.8) is 0 Å². The Kier molecular flexibility index (Phi) is 3.33. The molecule has 1 aromatic carbocycles. The lowest BCUT2D eigenvalue weighted by atomic mass is 9.78. The van der Waals surface area contributed by atoms with Crippen LogP contribution in [0.15, 0.2) is 24.3 Å². The minimum absolute atomic E-state index is 0.238. The highest BCUT2D eigenvalue weighted by Gasteiger charge is 2.44. The summed E-state index contributed by atoms with van der Waals surface area (Å²) in [6, 6.07) is 7.07. The quantitative estimate of drug-likeness (QED) is 0.881. The molecule has 0 amide bonds. The van der Waals surface area contributed by atoms with Gasteiger partial charge in [-0.25, -0.2) is 4.39 Å². The summed E-state index contributed by atoms with van der Waals surface area (Å²) in [5.74, 6) is -0.238. The van der Waals surface area contributed by atoms with Gasteiger partial charge in [-0.1, -0.05) is 12.1 Å². The highest BCUT2D eigenvalue weighted by Crippen LogP contribution is 2.35. The van der Waals surface area contributed by atoms with Crippen molar-refractivity contribution in [1.82, 2.24) is 4.90 Å². The third-order valence-electron chi connectivity index (χ3n) is 4.43. The second kappa shape index (κ2) is 4.85. The lowest BCUT2D eigenvalue weighted by Gasteiger charge is -2.50. The van der Waals surface area contributed by atoms with Gasteiger partial charge < -0.3 is 9.84 Å². The summed E-state index contributed by atoms with van der Waals surface area (Å²) in [5.41, 5.74) is 0.130. The van der Waals surface area contributed by atoms with Crippen LogP contribution >= 0.6 is 0 Å². The molecule has 4 heteroatoms. The van der Waals surface area contributed by atoms with Gasteiger partial charge in [0.2, 0.25) is 0 Å². The molecule has 0 saturated carbocycles. The number of nitrogens with zero attached hydrogens (tertiary/aromatic N) is 1. The Bertz CT molecular complexity index is 451. The average molecular weight is 265 g/mol. The van der Waals surface area contributed by atoms with Gasteiger partial charge in [0.05, 0.1) is 18.8 Å². The molecule has 19 heavy (non-hydrogen) atoms. The molecule has 2 unspecified atom stereocenters. The van der Waals surface area contributed by atoms with Gasteiger partial charge in [-0.3, -0.25) is 4.90 Å². The normalized spacial score (nSPS) is 35.3. The Labute approximate surface area is 113 Å². The van der Waals surface area contributed by atoms with Crippen LogP contribution in [-0.2, 0) is 11.2 Å². The molecule has 0 aliphatic carbocycles. The van der Waals surface area contributed by atoms with Gasteiger partial charge in [-0.05, 0) is 37.6 Å². The predicted molar refractivity (Wildman–Crippen MR) is 70.4 cm³/mol. The topological polar surface area (TPSA) is 32.7 Å². The third-order valence-corrected chi connectivity index (χ3v) is 4.43. The molecule has 1 N–H and O–H groups in total. The number of halogens is 1. The lowest BCUT2D eigenvalue weighted by Crippen LogP contribution is -2.60. The van der Waals surface area contributed by atoms with E-state index in [1.54, 1.807) is 6.07 Å². The number of piperidine rings is 1. The zero-order chi connectivity index (χ0) is 13.5. The van der Waals surface area contributed by atoms with E-state index in [1.807, 2.05) is 6.07 Å². The van der Waals surface area contributed by atoms with Crippen LogP contribution in [0.1, 0.15) is 18.4 Å². The van der Waals surface area contributed by atoms with E-state index in [0.717, 1.165) is 5.56 Å². The van der Waals surface area contributed by atoms with Gasteiger partial charge in [-0.15, -0.1) is 0 Å². The Balaban J connectivity index is 1.77. The molecule has 2 fully saturated rings. The van der Waals surface area contributed by atoms with E-state index in [9.17, 15) is 9.50 Å². The largest absolute Gasteiger partial charge is 0.389 e. The Morgan fingerprint density at radius 2 is 2.05 bits per heavy atom. The molecule has 2 aliphatic rings. The number of benzene rings is 1. The van der Waals surface area contributed by atoms with Crippen LogP contribution in [0.2, 0.25) is 0 Å². The Morgan fingerprint density at radius 3 is 2.68 bits per heavy atom. The maximum atomic E-state index is 13.2. The summed E-state index contributed by atoms with van der Waals surface area (Å²) in [7, 11) is 2.10. The van der Waals surface area contributed by atoms with Crippen molar-refractivity contribution in [3.05, 3.63) is 35.6 Å². The van der Waals surface area contributed by atoms with Crippen LogP contribution < -0.4 is 0 Å². The average Bonchev–Trinajstić information content (AvgIpc) is 2.31. The summed E-state index contributed by atoms with van der Waals surface area (Å²) in [4.78, 5) is 2.31. The second-order valence-corrected chi connectivity index (χ2v) is 5.95. The lowest BCUT2D eigenvalue weighted by molar-refractivity contribution is -0.133. The van der Waals surface area contributed by atoms with Crippen molar-refractivity contribution in [3.8, 4) is 0 Å².